The molecule has 0 heterocycles. The maximum absolute atomic E-state index is 13.2. The fourth-order valence-corrected chi connectivity index (χ4v) is 1.43. The second-order valence-electron chi connectivity index (χ2n) is 4.52. The number of hydrogen-bond donors (Lipinski definition) is 3. The number of hydrogen-bond acceptors (Lipinski definition) is 3. The SMILES string of the molecule is CNC(=O)C(C)(C)CNc1cccc(F)c1N. The Morgan fingerprint density at radius 2 is 2.12 bits per heavy atom. The first-order valence-electron chi connectivity index (χ1n) is 5.38. The van der Waals surface area contributed by atoms with Gasteiger partial charge in [0.1, 0.15) is 5.82 Å². The van der Waals surface area contributed by atoms with Crippen molar-refractivity contribution < 1.29 is 9.18 Å². The molecule has 1 amide bonds. The monoisotopic (exact) mass is 239 g/mol. The Labute approximate surface area is 100 Å². The summed E-state index contributed by atoms with van der Waals surface area (Å²) < 4.78 is 13.2. The van der Waals surface area contributed by atoms with Gasteiger partial charge < -0.3 is 16.4 Å². The third kappa shape index (κ3) is 3.09. The van der Waals surface area contributed by atoms with Crippen LogP contribution in [0.2, 0.25) is 0 Å². The fraction of sp³-hybridized carbons (Fsp3) is 0.417. The molecule has 4 N–H and O–H groups in total. The number of amides is 1. The first-order valence-corrected chi connectivity index (χ1v) is 5.38. The van der Waals surface area contributed by atoms with E-state index in [0.717, 1.165) is 0 Å². The number of nitrogens with one attached hydrogen (secondary N) is 2. The van der Waals surface area contributed by atoms with Gasteiger partial charge >= 0.3 is 0 Å². The quantitative estimate of drug-likeness (QED) is 0.699. The number of benzene rings is 1. The zero-order valence-corrected chi connectivity index (χ0v) is 10.3. The van der Waals surface area contributed by atoms with E-state index in [1.54, 1.807) is 33.0 Å². The number of carbonyl (C=O) groups excluding carboxylic acids is 1. The molecule has 0 aliphatic carbocycles. The maximum Gasteiger partial charge on any atom is 0.227 e. The van der Waals surface area contributed by atoms with E-state index in [1.807, 2.05) is 0 Å². The number of para-hydroxylation sites is 1. The lowest BCUT2D eigenvalue weighted by molar-refractivity contribution is -0.128. The molecule has 0 aliphatic rings. The van der Waals surface area contributed by atoms with Crippen LogP contribution in [-0.4, -0.2) is 19.5 Å². The first kappa shape index (κ1) is 13.3. The molecule has 0 unspecified atom stereocenters. The zero-order chi connectivity index (χ0) is 13.1. The van der Waals surface area contributed by atoms with Gasteiger partial charge in [0.05, 0.1) is 16.8 Å². The van der Waals surface area contributed by atoms with Crippen LogP contribution >= 0.6 is 0 Å². The number of nitrogens with two attached hydrogens (primary N) is 1. The molecule has 0 spiro atoms. The van der Waals surface area contributed by atoms with Gasteiger partial charge in [0.25, 0.3) is 0 Å². The third-order valence-corrected chi connectivity index (χ3v) is 2.62. The normalized spacial score (nSPS) is 11.1. The van der Waals surface area contributed by atoms with Crippen LogP contribution in [0.3, 0.4) is 0 Å². The molecule has 5 heteroatoms. The number of rotatable bonds is 4. The van der Waals surface area contributed by atoms with Gasteiger partial charge in [-0.2, -0.15) is 0 Å². The van der Waals surface area contributed by atoms with Crippen LogP contribution in [0, 0.1) is 11.2 Å². The first-order chi connectivity index (χ1) is 7.88. The van der Waals surface area contributed by atoms with Gasteiger partial charge in [0.15, 0.2) is 0 Å². The zero-order valence-electron chi connectivity index (χ0n) is 10.3. The van der Waals surface area contributed by atoms with Crippen molar-refractivity contribution in [1.29, 1.82) is 0 Å². The molecular weight excluding hydrogens is 221 g/mol. The van der Waals surface area contributed by atoms with Gasteiger partial charge in [-0.3, -0.25) is 4.79 Å². The minimum absolute atomic E-state index is 0.0696. The third-order valence-electron chi connectivity index (χ3n) is 2.62. The lowest BCUT2D eigenvalue weighted by Gasteiger charge is -2.24. The van der Waals surface area contributed by atoms with Crippen molar-refractivity contribution in [1.82, 2.24) is 5.32 Å². The lowest BCUT2D eigenvalue weighted by Crippen LogP contribution is -2.39. The van der Waals surface area contributed by atoms with Crippen molar-refractivity contribution in [2.24, 2.45) is 5.41 Å². The van der Waals surface area contributed by atoms with Crippen LogP contribution in [0.5, 0.6) is 0 Å². The minimum Gasteiger partial charge on any atom is -0.395 e. The Hall–Kier alpha value is -1.78. The van der Waals surface area contributed by atoms with Crippen LogP contribution in [0.4, 0.5) is 15.8 Å². The van der Waals surface area contributed by atoms with E-state index >= 15 is 0 Å². The summed E-state index contributed by atoms with van der Waals surface area (Å²) in [5.41, 5.74) is 5.56. The molecule has 94 valence electrons. The van der Waals surface area contributed by atoms with Gasteiger partial charge in [-0.1, -0.05) is 6.07 Å². The van der Waals surface area contributed by atoms with E-state index in [4.69, 9.17) is 5.73 Å². The lowest BCUT2D eigenvalue weighted by atomic mass is 9.92. The number of halogens is 1. The molecule has 0 atom stereocenters. The van der Waals surface area contributed by atoms with Gasteiger partial charge in [0.2, 0.25) is 5.91 Å². The topological polar surface area (TPSA) is 67.2 Å². The summed E-state index contributed by atoms with van der Waals surface area (Å²) in [5, 5.41) is 5.57. The Bertz CT molecular complexity index is 418. The molecule has 0 saturated heterocycles. The molecule has 0 fully saturated rings. The van der Waals surface area contributed by atoms with Crippen molar-refractivity contribution in [3.05, 3.63) is 24.0 Å². The molecular formula is C12H18FN3O. The van der Waals surface area contributed by atoms with E-state index in [1.165, 1.54) is 6.07 Å². The summed E-state index contributed by atoms with van der Waals surface area (Å²) in [7, 11) is 1.58. The van der Waals surface area contributed by atoms with Crippen molar-refractivity contribution in [2.45, 2.75) is 13.8 Å². The molecule has 1 rings (SSSR count). The van der Waals surface area contributed by atoms with Crippen LogP contribution in [0.1, 0.15) is 13.8 Å². The van der Waals surface area contributed by atoms with Crippen LogP contribution in [0.15, 0.2) is 18.2 Å². The summed E-state index contributed by atoms with van der Waals surface area (Å²) in [6.07, 6.45) is 0. The van der Waals surface area contributed by atoms with Gasteiger partial charge in [-0.15, -0.1) is 0 Å². The Kier molecular flexibility index (Phi) is 3.93. The van der Waals surface area contributed by atoms with Crippen LogP contribution in [-0.2, 0) is 4.79 Å². The second-order valence-corrected chi connectivity index (χ2v) is 4.52. The van der Waals surface area contributed by atoms with E-state index in [9.17, 15) is 9.18 Å². The molecule has 17 heavy (non-hydrogen) atoms. The average molecular weight is 239 g/mol. The highest BCUT2D eigenvalue weighted by Crippen LogP contribution is 2.23. The highest BCUT2D eigenvalue weighted by molar-refractivity contribution is 5.82. The summed E-state index contributed by atoms with van der Waals surface area (Å²) in [5.74, 6) is -0.548. The highest BCUT2D eigenvalue weighted by atomic mass is 19.1. The smallest absolute Gasteiger partial charge is 0.227 e. The molecule has 0 saturated carbocycles. The fourth-order valence-electron chi connectivity index (χ4n) is 1.43. The molecule has 0 aromatic heterocycles. The summed E-state index contributed by atoms with van der Waals surface area (Å²) in [6.45, 7) is 3.98. The largest absolute Gasteiger partial charge is 0.395 e. The Morgan fingerprint density at radius 1 is 1.47 bits per heavy atom. The Balaban J connectivity index is 2.74. The summed E-state index contributed by atoms with van der Waals surface area (Å²) in [6, 6.07) is 4.55. The summed E-state index contributed by atoms with van der Waals surface area (Å²) >= 11 is 0. The van der Waals surface area contributed by atoms with Crippen molar-refractivity contribution >= 4 is 17.3 Å². The van der Waals surface area contributed by atoms with E-state index in [0.29, 0.717) is 12.2 Å². The standard InChI is InChI=1S/C12H18FN3O/c1-12(2,11(17)15-3)7-16-9-6-4-5-8(13)10(9)14/h4-6,16H,7,14H2,1-3H3,(H,15,17). The number of nitrogen functional groups attached to an aromatic ring is 1. The number of carbonyl (C=O) groups is 1. The minimum atomic E-state index is -0.590. The highest BCUT2D eigenvalue weighted by Gasteiger charge is 2.26. The van der Waals surface area contributed by atoms with Gasteiger partial charge in [-0.05, 0) is 26.0 Å². The van der Waals surface area contributed by atoms with E-state index in [2.05, 4.69) is 10.6 Å². The molecule has 0 aliphatic heterocycles. The predicted molar refractivity (Wildman–Crippen MR) is 67.1 cm³/mol. The van der Waals surface area contributed by atoms with Crippen LogP contribution < -0.4 is 16.4 Å². The van der Waals surface area contributed by atoms with E-state index in [-0.39, 0.29) is 11.6 Å². The maximum atomic E-state index is 13.2. The van der Waals surface area contributed by atoms with Gasteiger partial charge in [-0.25, -0.2) is 4.39 Å². The second kappa shape index (κ2) is 5.03. The molecule has 1 aromatic carbocycles. The molecule has 1 aromatic rings. The Morgan fingerprint density at radius 3 is 2.71 bits per heavy atom. The van der Waals surface area contributed by atoms with Crippen molar-refractivity contribution in [3.8, 4) is 0 Å². The van der Waals surface area contributed by atoms with Crippen molar-refractivity contribution in [2.75, 3.05) is 24.6 Å². The van der Waals surface area contributed by atoms with E-state index < -0.39 is 11.2 Å². The van der Waals surface area contributed by atoms with Gasteiger partial charge in [0, 0.05) is 13.6 Å². The summed E-state index contributed by atoms with van der Waals surface area (Å²) in [4.78, 5) is 11.6. The molecule has 0 bridgehead atoms. The van der Waals surface area contributed by atoms with Crippen LogP contribution in [0.25, 0.3) is 0 Å². The molecule has 4 nitrogen and oxygen atoms in total. The van der Waals surface area contributed by atoms with Crippen molar-refractivity contribution in [3.63, 3.8) is 0 Å². The average Bonchev–Trinajstić information content (AvgIpc) is 2.30. The number of anilines is 2. The molecule has 0 radical (unpaired) electrons. The predicted octanol–water partition coefficient (Wildman–Crippen LogP) is 1.59.